The molecule has 0 spiro atoms. The molecule has 1 aliphatic rings. The molecular formula is C26H29NO2S. The molecule has 3 aromatic carbocycles. The summed E-state index contributed by atoms with van der Waals surface area (Å²) < 4.78 is 29.6. The molecule has 0 saturated heterocycles. The van der Waals surface area contributed by atoms with E-state index >= 15 is 0 Å². The van der Waals surface area contributed by atoms with E-state index in [1.165, 1.54) is 22.3 Å². The Balaban J connectivity index is 1.80. The summed E-state index contributed by atoms with van der Waals surface area (Å²) in [5.74, 6) is 0. The van der Waals surface area contributed by atoms with Gasteiger partial charge in [0.1, 0.15) is 0 Å². The molecule has 4 heteroatoms. The fraction of sp³-hybridized carbons (Fsp3) is 0.308. The molecule has 0 unspecified atom stereocenters. The molecule has 0 bridgehead atoms. The monoisotopic (exact) mass is 419 g/mol. The maximum Gasteiger partial charge on any atom is 0.240 e. The Bertz CT molecular complexity index is 1070. The minimum Gasteiger partial charge on any atom is -0.207 e. The third kappa shape index (κ3) is 3.82. The van der Waals surface area contributed by atoms with E-state index in [1.807, 2.05) is 19.1 Å². The topological polar surface area (TPSA) is 46.2 Å². The second-order valence-electron chi connectivity index (χ2n) is 8.58. The molecule has 3 aromatic rings. The quantitative estimate of drug-likeness (QED) is 0.599. The minimum absolute atomic E-state index is 0.200. The van der Waals surface area contributed by atoms with Crippen LogP contribution in [0, 0.1) is 20.8 Å². The fourth-order valence-corrected chi connectivity index (χ4v) is 6.02. The number of rotatable bonds is 5. The van der Waals surface area contributed by atoms with E-state index in [9.17, 15) is 8.42 Å². The van der Waals surface area contributed by atoms with Crippen molar-refractivity contribution in [1.82, 2.24) is 4.72 Å². The molecule has 0 amide bonds. The average Bonchev–Trinajstić information content (AvgIpc) is 3.13. The van der Waals surface area contributed by atoms with Gasteiger partial charge in [0.2, 0.25) is 10.0 Å². The maximum absolute atomic E-state index is 13.2. The normalized spacial score (nSPS) is 18.4. The number of nitrogens with one attached hydrogen (secondary N) is 1. The molecule has 30 heavy (non-hydrogen) atoms. The molecule has 0 aliphatic heterocycles. The Morgan fingerprint density at radius 1 is 0.733 bits per heavy atom. The van der Waals surface area contributed by atoms with Gasteiger partial charge in [0, 0.05) is 11.5 Å². The minimum atomic E-state index is -3.61. The van der Waals surface area contributed by atoms with Gasteiger partial charge in [0.05, 0.1) is 4.90 Å². The van der Waals surface area contributed by atoms with Crippen molar-refractivity contribution in [3.05, 3.63) is 101 Å². The van der Waals surface area contributed by atoms with Crippen LogP contribution in [0.5, 0.6) is 0 Å². The van der Waals surface area contributed by atoms with Crippen molar-refractivity contribution in [2.24, 2.45) is 0 Å². The van der Waals surface area contributed by atoms with Crippen LogP contribution in [0.3, 0.4) is 0 Å². The highest BCUT2D eigenvalue weighted by Crippen LogP contribution is 2.47. The van der Waals surface area contributed by atoms with Crippen LogP contribution in [0.25, 0.3) is 0 Å². The predicted octanol–water partition coefficient (Wildman–Crippen LogP) is 5.43. The van der Waals surface area contributed by atoms with Gasteiger partial charge in [-0.25, -0.2) is 13.1 Å². The van der Waals surface area contributed by atoms with E-state index in [-0.39, 0.29) is 11.5 Å². The van der Waals surface area contributed by atoms with Crippen molar-refractivity contribution in [1.29, 1.82) is 0 Å². The van der Waals surface area contributed by atoms with Gasteiger partial charge in [0.25, 0.3) is 0 Å². The first kappa shape index (κ1) is 20.8. The highest BCUT2D eigenvalue weighted by atomic mass is 32.2. The molecule has 1 aliphatic carbocycles. The molecule has 4 rings (SSSR count). The van der Waals surface area contributed by atoms with Crippen molar-refractivity contribution in [3.63, 3.8) is 0 Å². The van der Waals surface area contributed by atoms with Gasteiger partial charge in [-0.15, -0.1) is 0 Å². The lowest BCUT2D eigenvalue weighted by atomic mass is 9.70. The Hall–Kier alpha value is -2.43. The standard InChI is InChI=1S/C26H29NO2S/c1-19-6-12-22(13-7-19)26(23-14-8-20(2)9-15-23)18-4-5-25(26)27-30(28,29)24-16-10-21(3)11-17-24/h6-17,25,27H,4-5,18H2,1-3H3/t25-/m0/s1. The first-order valence-corrected chi connectivity index (χ1v) is 12.0. The van der Waals surface area contributed by atoms with Crippen LogP contribution in [0.15, 0.2) is 77.7 Å². The number of hydrogen-bond donors (Lipinski definition) is 1. The average molecular weight is 420 g/mol. The van der Waals surface area contributed by atoms with Crippen molar-refractivity contribution in [2.45, 2.75) is 56.4 Å². The first-order valence-electron chi connectivity index (χ1n) is 10.5. The first-order chi connectivity index (χ1) is 14.3. The van der Waals surface area contributed by atoms with Crippen molar-refractivity contribution in [2.75, 3.05) is 0 Å². The molecule has 1 saturated carbocycles. The van der Waals surface area contributed by atoms with Crippen molar-refractivity contribution >= 4 is 10.0 Å². The van der Waals surface area contributed by atoms with Gasteiger partial charge in [-0.05, 0) is 56.9 Å². The van der Waals surface area contributed by atoms with Gasteiger partial charge in [-0.1, -0.05) is 83.8 Å². The fourth-order valence-electron chi connectivity index (χ4n) is 4.70. The molecule has 0 heterocycles. The molecule has 1 atom stereocenters. The van der Waals surface area contributed by atoms with Crippen LogP contribution in [0.4, 0.5) is 0 Å². The summed E-state index contributed by atoms with van der Waals surface area (Å²) in [6, 6.07) is 24.0. The molecule has 156 valence electrons. The highest BCUT2D eigenvalue weighted by molar-refractivity contribution is 7.89. The summed E-state index contributed by atoms with van der Waals surface area (Å²) in [6.45, 7) is 6.11. The lowest BCUT2D eigenvalue weighted by molar-refractivity contribution is 0.431. The third-order valence-electron chi connectivity index (χ3n) is 6.42. The summed E-state index contributed by atoms with van der Waals surface area (Å²) in [5, 5.41) is 0. The van der Waals surface area contributed by atoms with E-state index in [4.69, 9.17) is 0 Å². The van der Waals surface area contributed by atoms with E-state index < -0.39 is 10.0 Å². The Labute approximate surface area is 180 Å². The number of aryl methyl sites for hydroxylation is 3. The molecule has 1 fully saturated rings. The van der Waals surface area contributed by atoms with E-state index in [1.54, 1.807) is 12.1 Å². The summed E-state index contributed by atoms with van der Waals surface area (Å²) in [4.78, 5) is 0.321. The molecule has 0 radical (unpaired) electrons. The number of benzene rings is 3. The summed E-state index contributed by atoms with van der Waals surface area (Å²) in [6.07, 6.45) is 2.70. The van der Waals surface area contributed by atoms with E-state index in [2.05, 4.69) is 67.1 Å². The summed E-state index contributed by atoms with van der Waals surface area (Å²) >= 11 is 0. The molecule has 3 nitrogen and oxygen atoms in total. The van der Waals surface area contributed by atoms with Crippen LogP contribution >= 0.6 is 0 Å². The third-order valence-corrected chi connectivity index (χ3v) is 7.91. The lowest BCUT2D eigenvalue weighted by Gasteiger charge is -2.37. The second-order valence-corrected chi connectivity index (χ2v) is 10.3. The van der Waals surface area contributed by atoms with Gasteiger partial charge in [0.15, 0.2) is 0 Å². The SMILES string of the molecule is Cc1ccc(C2(c3ccc(C)cc3)CCC[C@@H]2NS(=O)(=O)c2ccc(C)cc2)cc1. The Kier molecular flexibility index (Phi) is 5.56. The van der Waals surface area contributed by atoms with Gasteiger partial charge in [-0.2, -0.15) is 0 Å². The highest BCUT2D eigenvalue weighted by Gasteiger charge is 2.47. The van der Waals surface area contributed by atoms with Crippen molar-refractivity contribution < 1.29 is 8.42 Å². The smallest absolute Gasteiger partial charge is 0.207 e. The van der Waals surface area contributed by atoms with Crippen LogP contribution < -0.4 is 4.72 Å². The van der Waals surface area contributed by atoms with Crippen LogP contribution in [-0.2, 0) is 15.4 Å². The predicted molar refractivity (Wildman–Crippen MR) is 122 cm³/mol. The maximum atomic E-state index is 13.2. The van der Waals surface area contributed by atoms with Crippen LogP contribution in [-0.4, -0.2) is 14.5 Å². The summed E-state index contributed by atoms with van der Waals surface area (Å²) in [5.41, 5.74) is 5.42. The van der Waals surface area contributed by atoms with Crippen molar-refractivity contribution in [3.8, 4) is 0 Å². The Morgan fingerprint density at radius 3 is 1.63 bits per heavy atom. The zero-order valence-electron chi connectivity index (χ0n) is 17.9. The van der Waals surface area contributed by atoms with Crippen LogP contribution in [0.2, 0.25) is 0 Å². The van der Waals surface area contributed by atoms with E-state index in [0.717, 1.165) is 24.8 Å². The largest absolute Gasteiger partial charge is 0.240 e. The van der Waals surface area contributed by atoms with Gasteiger partial charge in [-0.3, -0.25) is 0 Å². The zero-order valence-corrected chi connectivity index (χ0v) is 18.7. The second kappa shape index (κ2) is 8.01. The Morgan fingerprint density at radius 2 is 1.17 bits per heavy atom. The number of sulfonamides is 1. The summed E-state index contributed by atoms with van der Waals surface area (Å²) in [7, 11) is -3.61. The zero-order chi connectivity index (χ0) is 21.4. The van der Waals surface area contributed by atoms with Gasteiger partial charge < -0.3 is 0 Å². The number of hydrogen-bond acceptors (Lipinski definition) is 2. The lowest BCUT2D eigenvalue weighted by Crippen LogP contribution is -2.47. The molecule has 0 aromatic heterocycles. The molecular weight excluding hydrogens is 390 g/mol. The molecule has 1 N–H and O–H groups in total. The van der Waals surface area contributed by atoms with E-state index in [0.29, 0.717) is 4.90 Å². The van der Waals surface area contributed by atoms with Crippen LogP contribution in [0.1, 0.15) is 47.1 Å². The van der Waals surface area contributed by atoms with Gasteiger partial charge >= 0.3 is 0 Å².